The van der Waals surface area contributed by atoms with Gasteiger partial charge >= 0.3 is 5.97 Å². The summed E-state index contributed by atoms with van der Waals surface area (Å²) in [4.78, 5) is 35.9. The van der Waals surface area contributed by atoms with Gasteiger partial charge in [0.05, 0.1) is 5.56 Å². The SMILES string of the molecule is CC(=O)C=Cc1ccc(C(=O)Oc2ccc(C(=O)C3(O)CCCCC3)cc2)cc1. The van der Waals surface area contributed by atoms with Crippen molar-refractivity contribution in [2.24, 2.45) is 0 Å². The van der Waals surface area contributed by atoms with E-state index in [1.54, 1.807) is 54.6 Å². The van der Waals surface area contributed by atoms with Crippen molar-refractivity contribution in [1.82, 2.24) is 0 Å². The normalized spacial score (nSPS) is 15.8. The van der Waals surface area contributed by atoms with Crippen LogP contribution in [0, 0.1) is 0 Å². The smallest absolute Gasteiger partial charge is 0.343 e. The molecule has 1 saturated carbocycles. The molecule has 0 aromatic heterocycles. The lowest BCUT2D eigenvalue weighted by molar-refractivity contribution is -0.112. The Bertz CT molecular complexity index is 917. The van der Waals surface area contributed by atoms with E-state index in [4.69, 9.17) is 4.74 Å². The van der Waals surface area contributed by atoms with Crippen LogP contribution >= 0.6 is 0 Å². The lowest BCUT2D eigenvalue weighted by atomic mass is 9.79. The molecule has 0 spiro atoms. The third kappa shape index (κ3) is 5.27. The number of Topliss-reactive ketones (excluding diaryl/α,β-unsaturated/α-hetero) is 1. The number of carbonyl (C=O) groups excluding carboxylic acids is 3. The van der Waals surface area contributed by atoms with Gasteiger partial charge in [-0.15, -0.1) is 0 Å². The number of rotatable bonds is 6. The summed E-state index contributed by atoms with van der Waals surface area (Å²) in [5.74, 6) is -0.518. The van der Waals surface area contributed by atoms with Gasteiger partial charge < -0.3 is 9.84 Å². The van der Waals surface area contributed by atoms with Crippen molar-refractivity contribution in [2.75, 3.05) is 0 Å². The van der Waals surface area contributed by atoms with Crippen LogP contribution in [0.25, 0.3) is 6.08 Å². The summed E-state index contributed by atoms with van der Waals surface area (Å²) < 4.78 is 5.36. The quantitative estimate of drug-likeness (QED) is 0.341. The van der Waals surface area contributed by atoms with Crippen molar-refractivity contribution in [3.8, 4) is 5.75 Å². The molecule has 0 atom stereocenters. The van der Waals surface area contributed by atoms with E-state index in [0.29, 0.717) is 29.7 Å². The summed E-state index contributed by atoms with van der Waals surface area (Å²) in [5, 5.41) is 10.6. The second-order valence-corrected chi connectivity index (χ2v) is 7.40. The molecule has 0 heterocycles. The number of benzene rings is 2. The number of hydrogen-bond donors (Lipinski definition) is 1. The van der Waals surface area contributed by atoms with Crippen molar-refractivity contribution in [3.05, 3.63) is 71.3 Å². The summed E-state index contributed by atoms with van der Waals surface area (Å²) >= 11 is 0. The Balaban J connectivity index is 1.64. The Morgan fingerprint density at radius 3 is 2.07 bits per heavy atom. The highest BCUT2D eigenvalue weighted by Crippen LogP contribution is 2.31. The summed E-state index contributed by atoms with van der Waals surface area (Å²) in [5.41, 5.74) is 0.312. The molecule has 29 heavy (non-hydrogen) atoms. The highest BCUT2D eigenvalue weighted by Gasteiger charge is 2.37. The fourth-order valence-electron chi connectivity index (χ4n) is 3.42. The molecule has 2 aromatic rings. The summed E-state index contributed by atoms with van der Waals surface area (Å²) in [6.07, 6.45) is 6.84. The van der Waals surface area contributed by atoms with Gasteiger partial charge in [0.2, 0.25) is 0 Å². The lowest BCUT2D eigenvalue weighted by Crippen LogP contribution is -2.40. The van der Waals surface area contributed by atoms with Gasteiger partial charge in [-0.1, -0.05) is 37.5 Å². The van der Waals surface area contributed by atoms with Gasteiger partial charge in [-0.2, -0.15) is 0 Å². The maximum atomic E-state index is 12.6. The highest BCUT2D eigenvalue weighted by molar-refractivity contribution is 6.02. The van der Waals surface area contributed by atoms with Gasteiger partial charge in [0, 0.05) is 5.56 Å². The molecule has 5 nitrogen and oxygen atoms in total. The summed E-state index contributed by atoms with van der Waals surface area (Å²) in [6.45, 7) is 1.47. The van der Waals surface area contributed by atoms with E-state index in [2.05, 4.69) is 0 Å². The molecule has 1 N–H and O–H groups in total. The van der Waals surface area contributed by atoms with Crippen LogP contribution in [0.3, 0.4) is 0 Å². The monoisotopic (exact) mass is 392 g/mol. The van der Waals surface area contributed by atoms with Crippen LogP contribution in [0.1, 0.15) is 65.3 Å². The molecule has 0 aliphatic heterocycles. The first-order valence-electron chi connectivity index (χ1n) is 9.75. The first-order chi connectivity index (χ1) is 13.9. The van der Waals surface area contributed by atoms with E-state index >= 15 is 0 Å². The predicted molar refractivity (Wildman–Crippen MR) is 110 cm³/mol. The second kappa shape index (κ2) is 8.97. The lowest BCUT2D eigenvalue weighted by Gasteiger charge is -2.30. The van der Waals surface area contributed by atoms with Crippen molar-refractivity contribution in [2.45, 2.75) is 44.6 Å². The third-order valence-corrected chi connectivity index (χ3v) is 5.09. The van der Waals surface area contributed by atoms with Crippen LogP contribution in [0.5, 0.6) is 5.75 Å². The van der Waals surface area contributed by atoms with Crippen molar-refractivity contribution >= 4 is 23.6 Å². The molecule has 1 aliphatic rings. The number of ether oxygens (including phenoxy) is 1. The first-order valence-corrected chi connectivity index (χ1v) is 9.75. The number of allylic oxidation sites excluding steroid dienone is 1. The molecular formula is C24H24O5. The van der Waals surface area contributed by atoms with E-state index in [1.807, 2.05) is 0 Å². The van der Waals surface area contributed by atoms with Gasteiger partial charge in [-0.3, -0.25) is 9.59 Å². The largest absolute Gasteiger partial charge is 0.423 e. The summed E-state index contributed by atoms with van der Waals surface area (Å²) in [7, 11) is 0. The molecule has 0 unspecified atom stereocenters. The topological polar surface area (TPSA) is 80.7 Å². The zero-order chi connectivity index (χ0) is 20.9. The van der Waals surface area contributed by atoms with Crippen LogP contribution in [-0.2, 0) is 4.79 Å². The zero-order valence-corrected chi connectivity index (χ0v) is 16.4. The van der Waals surface area contributed by atoms with Gasteiger partial charge in [-0.25, -0.2) is 4.79 Å². The van der Waals surface area contributed by atoms with Crippen molar-refractivity contribution < 1.29 is 24.2 Å². The average Bonchev–Trinajstić information content (AvgIpc) is 2.73. The fraction of sp³-hybridized carbons (Fsp3) is 0.292. The van der Waals surface area contributed by atoms with E-state index in [9.17, 15) is 19.5 Å². The third-order valence-electron chi connectivity index (χ3n) is 5.09. The fourth-order valence-corrected chi connectivity index (χ4v) is 3.42. The second-order valence-electron chi connectivity index (χ2n) is 7.40. The number of ketones is 2. The minimum Gasteiger partial charge on any atom is -0.423 e. The number of hydrogen-bond acceptors (Lipinski definition) is 5. The Kier molecular flexibility index (Phi) is 6.39. The van der Waals surface area contributed by atoms with Gasteiger partial charge in [-0.05, 0) is 67.8 Å². The molecule has 1 fully saturated rings. The maximum absolute atomic E-state index is 12.6. The molecule has 2 aromatic carbocycles. The van der Waals surface area contributed by atoms with Gasteiger partial charge in [0.1, 0.15) is 11.4 Å². The molecule has 0 saturated heterocycles. The number of aliphatic hydroxyl groups is 1. The van der Waals surface area contributed by atoms with Crippen LogP contribution in [0.2, 0.25) is 0 Å². The Hall–Kier alpha value is -3.05. The van der Waals surface area contributed by atoms with Gasteiger partial charge in [0.25, 0.3) is 0 Å². The Labute approximate surface area is 170 Å². The predicted octanol–water partition coefficient (Wildman–Crippen LogP) is 4.39. The van der Waals surface area contributed by atoms with Crippen LogP contribution in [0.15, 0.2) is 54.6 Å². The Morgan fingerprint density at radius 1 is 0.897 bits per heavy atom. The maximum Gasteiger partial charge on any atom is 0.343 e. The highest BCUT2D eigenvalue weighted by atomic mass is 16.5. The molecule has 0 bridgehead atoms. The van der Waals surface area contributed by atoms with Crippen LogP contribution in [0.4, 0.5) is 0 Å². The van der Waals surface area contributed by atoms with Crippen molar-refractivity contribution in [3.63, 3.8) is 0 Å². The van der Waals surface area contributed by atoms with E-state index in [-0.39, 0.29) is 11.6 Å². The van der Waals surface area contributed by atoms with Crippen LogP contribution < -0.4 is 4.74 Å². The summed E-state index contributed by atoms with van der Waals surface area (Å²) in [6, 6.07) is 13.0. The molecule has 1 aliphatic carbocycles. The number of esters is 1. The first kappa shape index (κ1) is 20.7. The molecule has 150 valence electrons. The number of carbonyl (C=O) groups is 3. The average molecular weight is 392 g/mol. The van der Waals surface area contributed by atoms with E-state index in [1.165, 1.54) is 13.0 Å². The molecule has 3 rings (SSSR count). The van der Waals surface area contributed by atoms with E-state index in [0.717, 1.165) is 24.8 Å². The minimum atomic E-state index is -1.28. The van der Waals surface area contributed by atoms with Crippen molar-refractivity contribution in [1.29, 1.82) is 0 Å². The standard InChI is InChI=1S/C24H24O5/c1-17(25)5-6-18-7-9-20(10-8-18)23(27)29-21-13-11-19(12-14-21)22(26)24(28)15-3-2-4-16-24/h5-14,28H,2-4,15-16H2,1H3. The molecule has 0 radical (unpaired) electrons. The molecular weight excluding hydrogens is 368 g/mol. The van der Waals surface area contributed by atoms with E-state index < -0.39 is 11.6 Å². The zero-order valence-electron chi connectivity index (χ0n) is 16.4. The minimum absolute atomic E-state index is 0.0500. The Morgan fingerprint density at radius 2 is 1.48 bits per heavy atom. The van der Waals surface area contributed by atoms with Gasteiger partial charge in [0.15, 0.2) is 11.6 Å². The molecule has 5 heteroatoms. The molecule has 0 amide bonds. The van der Waals surface area contributed by atoms with Crippen LogP contribution in [-0.4, -0.2) is 28.2 Å².